The Balaban J connectivity index is 0.00000312. The highest BCUT2D eigenvalue weighted by Gasteiger charge is 2.27. The Labute approximate surface area is 168 Å². The minimum atomic E-state index is -0.0576. The highest BCUT2D eigenvalue weighted by atomic mass is 127. The third-order valence-corrected chi connectivity index (χ3v) is 4.56. The summed E-state index contributed by atoms with van der Waals surface area (Å²) in [6.07, 6.45) is 1.65. The first-order valence-electron chi connectivity index (χ1n) is 8.82. The van der Waals surface area contributed by atoms with Crippen LogP contribution >= 0.6 is 24.0 Å². The van der Waals surface area contributed by atoms with Gasteiger partial charge in [0.1, 0.15) is 0 Å². The van der Waals surface area contributed by atoms with Crippen LogP contribution in [0.2, 0.25) is 0 Å². The molecule has 1 N–H and O–H groups in total. The van der Waals surface area contributed by atoms with Crippen LogP contribution in [0.15, 0.2) is 35.3 Å². The van der Waals surface area contributed by atoms with Gasteiger partial charge in [-0.3, -0.25) is 9.79 Å². The predicted octanol–water partition coefficient (Wildman–Crippen LogP) is 3.26. The number of piperidine rings is 1. The fourth-order valence-corrected chi connectivity index (χ4v) is 3.06. The lowest BCUT2D eigenvalue weighted by Gasteiger charge is -2.33. The molecule has 25 heavy (non-hydrogen) atoms. The van der Waals surface area contributed by atoms with Crippen molar-refractivity contribution in [1.82, 2.24) is 10.2 Å². The summed E-state index contributed by atoms with van der Waals surface area (Å²) < 4.78 is 5.13. The van der Waals surface area contributed by atoms with E-state index in [-0.39, 0.29) is 35.9 Å². The van der Waals surface area contributed by atoms with E-state index >= 15 is 0 Å². The van der Waals surface area contributed by atoms with Gasteiger partial charge in [0.15, 0.2) is 5.96 Å². The van der Waals surface area contributed by atoms with Gasteiger partial charge in [-0.05, 0) is 31.2 Å². The molecule has 1 heterocycles. The van der Waals surface area contributed by atoms with Crippen LogP contribution in [0.25, 0.3) is 0 Å². The third-order valence-electron chi connectivity index (χ3n) is 4.56. The number of esters is 1. The Morgan fingerprint density at radius 1 is 1.32 bits per heavy atom. The van der Waals surface area contributed by atoms with Gasteiger partial charge in [0.2, 0.25) is 0 Å². The smallest absolute Gasteiger partial charge is 0.309 e. The van der Waals surface area contributed by atoms with Crippen molar-refractivity contribution in [2.45, 2.75) is 32.6 Å². The maximum atomic E-state index is 11.8. The molecule has 1 aromatic rings. The molecule has 0 bridgehead atoms. The van der Waals surface area contributed by atoms with E-state index in [1.807, 2.05) is 20.0 Å². The van der Waals surface area contributed by atoms with Crippen LogP contribution in [0.1, 0.15) is 38.2 Å². The number of carbonyl (C=O) groups is 1. The van der Waals surface area contributed by atoms with Gasteiger partial charge >= 0.3 is 5.97 Å². The Hall–Kier alpha value is -1.31. The molecule has 0 saturated carbocycles. The first-order chi connectivity index (χ1) is 11.7. The minimum Gasteiger partial charge on any atom is -0.466 e. The molecule has 1 atom stereocenters. The molecule has 0 radical (unpaired) electrons. The normalized spacial score (nSPS) is 16.8. The van der Waals surface area contributed by atoms with Crippen LogP contribution in [-0.2, 0) is 9.53 Å². The lowest BCUT2D eigenvalue weighted by Crippen LogP contribution is -2.47. The Morgan fingerprint density at radius 3 is 2.52 bits per heavy atom. The van der Waals surface area contributed by atoms with Crippen LogP contribution in [0.3, 0.4) is 0 Å². The summed E-state index contributed by atoms with van der Waals surface area (Å²) in [6, 6.07) is 10.5. The number of rotatable bonds is 5. The van der Waals surface area contributed by atoms with E-state index in [9.17, 15) is 4.79 Å². The summed E-state index contributed by atoms with van der Waals surface area (Å²) in [4.78, 5) is 18.5. The van der Waals surface area contributed by atoms with Crippen LogP contribution in [0.5, 0.6) is 0 Å². The van der Waals surface area contributed by atoms with Gasteiger partial charge in [0.05, 0.1) is 12.5 Å². The minimum absolute atomic E-state index is 0. The lowest BCUT2D eigenvalue weighted by atomic mass is 9.97. The van der Waals surface area contributed by atoms with Gasteiger partial charge in [-0.2, -0.15) is 0 Å². The van der Waals surface area contributed by atoms with Crippen molar-refractivity contribution in [1.29, 1.82) is 0 Å². The number of ether oxygens (including phenoxy) is 1. The number of halogens is 1. The number of aliphatic imine (C=N–C) groups is 1. The first kappa shape index (κ1) is 21.7. The molecule has 1 unspecified atom stereocenters. The van der Waals surface area contributed by atoms with E-state index in [1.54, 1.807) is 0 Å². The fourth-order valence-electron chi connectivity index (χ4n) is 3.06. The molecule has 1 aliphatic rings. The monoisotopic (exact) mass is 459 g/mol. The Morgan fingerprint density at radius 2 is 1.96 bits per heavy atom. The van der Waals surface area contributed by atoms with Crippen molar-refractivity contribution in [2.24, 2.45) is 10.9 Å². The second-order valence-corrected chi connectivity index (χ2v) is 6.25. The molecule has 1 aromatic carbocycles. The number of guanidine groups is 1. The van der Waals surface area contributed by atoms with Crippen molar-refractivity contribution in [3.05, 3.63) is 35.9 Å². The van der Waals surface area contributed by atoms with Gasteiger partial charge in [0.25, 0.3) is 0 Å². The van der Waals surface area contributed by atoms with E-state index in [1.165, 1.54) is 5.56 Å². The molecular weight excluding hydrogens is 429 g/mol. The van der Waals surface area contributed by atoms with E-state index in [4.69, 9.17) is 4.74 Å². The van der Waals surface area contributed by atoms with Gasteiger partial charge in [-0.15, -0.1) is 24.0 Å². The summed E-state index contributed by atoms with van der Waals surface area (Å²) in [7, 11) is 1.81. The molecule has 6 heteroatoms. The van der Waals surface area contributed by atoms with Crippen LogP contribution in [0, 0.1) is 5.92 Å². The topological polar surface area (TPSA) is 53.9 Å². The highest BCUT2D eigenvalue weighted by molar-refractivity contribution is 14.0. The summed E-state index contributed by atoms with van der Waals surface area (Å²) >= 11 is 0. The maximum Gasteiger partial charge on any atom is 0.309 e. The van der Waals surface area contributed by atoms with Gasteiger partial charge < -0.3 is 15.0 Å². The van der Waals surface area contributed by atoms with E-state index < -0.39 is 0 Å². The Bertz CT molecular complexity index is 543. The second-order valence-electron chi connectivity index (χ2n) is 6.25. The molecule has 2 rings (SSSR count). The number of hydrogen-bond donors (Lipinski definition) is 1. The largest absolute Gasteiger partial charge is 0.466 e. The number of benzene rings is 1. The predicted molar refractivity (Wildman–Crippen MR) is 113 cm³/mol. The lowest BCUT2D eigenvalue weighted by molar-refractivity contribution is -0.149. The van der Waals surface area contributed by atoms with Gasteiger partial charge in [-0.25, -0.2) is 0 Å². The number of nitrogens with zero attached hydrogens (tertiary/aromatic N) is 2. The third kappa shape index (κ3) is 6.49. The highest BCUT2D eigenvalue weighted by Crippen LogP contribution is 2.19. The number of carbonyl (C=O) groups excluding carboxylic acids is 1. The van der Waals surface area contributed by atoms with E-state index in [2.05, 4.69) is 46.4 Å². The van der Waals surface area contributed by atoms with Crippen LogP contribution in [0.4, 0.5) is 0 Å². The molecule has 0 spiro atoms. The van der Waals surface area contributed by atoms with Crippen molar-refractivity contribution >= 4 is 35.9 Å². The molecule has 5 nitrogen and oxygen atoms in total. The van der Waals surface area contributed by atoms with Crippen molar-refractivity contribution < 1.29 is 9.53 Å². The van der Waals surface area contributed by atoms with Crippen LogP contribution in [-0.4, -0.2) is 50.1 Å². The number of likely N-dealkylation sites (tertiary alicyclic amines) is 1. The van der Waals surface area contributed by atoms with Gasteiger partial charge in [0, 0.05) is 26.7 Å². The zero-order valence-corrected chi connectivity index (χ0v) is 17.7. The molecule has 0 aliphatic carbocycles. The molecular formula is C19H30IN3O2. The number of nitrogens with one attached hydrogen (secondary N) is 1. The van der Waals surface area contributed by atoms with Crippen LogP contribution < -0.4 is 5.32 Å². The molecule has 1 fully saturated rings. The summed E-state index contributed by atoms with van der Waals surface area (Å²) in [5, 5.41) is 3.47. The first-order valence-corrected chi connectivity index (χ1v) is 8.82. The molecule has 0 aromatic heterocycles. The summed E-state index contributed by atoms with van der Waals surface area (Å²) in [5.41, 5.74) is 1.32. The summed E-state index contributed by atoms with van der Waals surface area (Å²) in [5.74, 6) is 1.31. The standard InChI is InChI=1S/C19H29N3O2.HI/c1-4-24-18(23)17-10-12-22(13-11-17)19(20-3)21-14-15(2)16-8-6-5-7-9-16;/h5-9,15,17H,4,10-14H2,1-3H3,(H,20,21);1H. The van der Waals surface area contributed by atoms with E-state index in [0.29, 0.717) is 12.5 Å². The Kier molecular flexibility index (Phi) is 9.85. The molecule has 0 amide bonds. The molecule has 1 saturated heterocycles. The second kappa shape index (κ2) is 11.3. The molecule has 140 valence electrons. The van der Waals surface area contributed by atoms with Gasteiger partial charge in [-0.1, -0.05) is 37.3 Å². The number of hydrogen-bond acceptors (Lipinski definition) is 3. The summed E-state index contributed by atoms with van der Waals surface area (Å²) in [6.45, 7) is 7.04. The SMILES string of the molecule is CCOC(=O)C1CCN(C(=NC)NCC(C)c2ccccc2)CC1.I. The van der Waals surface area contributed by atoms with Crippen molar-refractivity contribution in [3.63, 3.8) is 0 Å². The van der Waals surface area contributed by atoms with Crippen molar-refractivity contribution in [2.75, 3.05) is 33.3 Å². The van der Waals surface area contributed by atoms with Crippen molar-refractivity contribution in [3.8, 4) is 0 Å². The van der Waals surface area contributed by atoms with E-state index in [0.717, 1.165) is 38.4 Å². The zero-order chi connectivity index (χ0) is 17.4. The average molecular weight is 459 g/mol. The maximum absolute atomic E-state index is 11.8. The zero-order valence-electron chi connectivity index (χ0n) is 15.4. The average Bonchev–Trinajstić information content (AvgIpc) is 2.63. The molecule has 1 aliphatic heterocycles. The quantitative estimate of drug-likeness (QED) is 0.318. The fraction of sp³-hybridized carbons (Fsp3) is 0.579.